The number of hydrogen-bond acceptors (Lipinski definition) is 12. The number of aromatic nitrogens is 5. The van der Waals surface area contributed by atoms with Crippen molar-refractivity contribution in [3.05, 3.63) is 89.3 Å². The van der Waals surface area contributed by atoms with Gasteiger partial charge < -0.3 is 39.9 Å². The summed E-state index contributed by atoms with van der Waals surface area (Å²) >= 11 is 6.35. The second kappa shape index (κ2) is 18.1. The molecule has 3 aromatic carbocycles. The number of nitrogens with zero attached hydrogens (tertiary/aromatic N) is 8. The maximum absolute atomic E-state index is 14.5. The van der Waals surface area contributed by atoms with E-state index in [0.29, 0.717) is 58.8 Å². The van der Waals surface area contributed by atoms with Gasteiger partial charge >= 0.3 is 29.9 Å². The summed E-state index contributed by atoms with van der Waals surface area (Å²) in [5, 5.41) is 27.6. The highest BCUT2D eigenvalue weighted by Gasteiger charge is 2.41. The summed E-state index contributed by atoms with van der Waals surface area (Å²) in [6.07, 6.45) is 1.05. The maximum Gasteiger partial charge on any atom is 0.419 e. The van der Waals surface area contributed by atoms with Crippen LogP contribution in [0.15, 0.2) is 73.1 Å². The number of ether oxygens (including phenoxy) is 2. The monoisotopic (exact) mass is 896 g/mol. The third-order valence-corrected chi connectivity index (χ3v) is 10.6. The Kier molecular flexibility index (Phi) is 12.8. The number of piperazine rings is 1. The Morgan fingerprint density at radius 1 is 0.812 bits per heavy atom. The lowest BCUT2D eigenvalue weighted by Crippen LogP contribution is -2.60. The Morgan fingerprint density at radius 2 is 1.50 bits per heavy atom. The summed E-state index contributed by atoms with van der Waals surface area (Å²) in [5.74, 6) is -3.25. The summed E-state index contributed by atoms with van der Waals surface area (Å²) in [7, 11) is 0. The second-order valence-electron chi connectivity index (χ2n) is 17.5. The molecule has 336 valence electrons. The molecule has 64 heavy (non-hydrogen) atoms. The van der Waals surface area contributed by atoms with Crippen molar-refractivity contribution in [3.8, 4) is 5.69 Å². The van der Waals surface area contributed by atoms with Gasteiger partial charge in [-0.1, -0.05) is 23.7 Å². The van der Waals surface area contributed by atoms with Crippen molar-refractivity contribution in [2.24, 2.45) is 0 Å². The number of fused-ring (bicyclic) bond motifs is 1. The highest BCUT2D eigenvalue weighted by molar-refractivity contribution is 6.41. The number of carbonyl (C=O) groups excluding carboxylic acids is 6. The number of rotatable bonds is 9. The zero-order valence-electron chi connectivity index (χ0n) is 36.2. The summed E-state index contributed by atoms with van der Waals surface area (Å²) in [4.78, 5) is 86.7. The number of benzene rings is 3. The Morgan fingerprint density at radius 3 is 2.16 bits per heavy atom. The number of carbonyl (C=O) groups is 6. The number of urea groups is 1. The van der Waals surface area contributed by atoms with Gasteiger partial charge in [-0.2, -0.15) is 4.68 Å². The number of aliphatic hydroxyl groups is 1. The first-order chi connectivity index (χ1) is 30.2. The van der Waals surface area contributed by atoms with E-state index in [4.69, 9.17) is 21.1 Å². The Balaban J connectivity index is 1.18. The van der Waals surface area contributed by atoms with E-state index in [1.54, 1.807) is 101 Å². The highest BCUT2D eigenvalue weighted by Crippen LogP contribution is 2.31. The number of tetrazole rings is 1. The van der Waals surface area contributed by atoms with E-state index in [1.807, 2.05) is 0 Å². The molecule has 2 aliphatic heterocycles. The lowest BCUT2D eigenvalue weighted by molar-refractivity contribution is -0.149. The van der Waals surface area contributed by atoms with Gasteiger partial charge in [-0.15, -0.1) is 5.10 Å². The fourth-order valence-corrected chi connectivity index (χ4v) is 7.59. The van der Waals surface area contributed by atoms with Crippen molar-refractivity contribution in [3.63, 3.8) is 0 Å². The molecule has 4 heterocycles. The minimum absolute atomic E-state index is 0.0140. The fourth-order valence-electron chi connectivity index (χ4n) is 7.42. The van der Waals surface area contributed by atoms with Crippen molar-refractivity contribution < 1.29 is 43.3 Å². The summed E-state index contributed by atoms with van der Waals surface area (Å²) < 4.78 is 13.7. The van der Waals surface area contributed by atoms with Crippen molar-refractivity contribution >= 4 is 75.4 Å². The molecule has 19 nitrogen and oxygen atoms in total. The molecule has 5 amide bonds. The highest BCUT2D eigenvalue weighted by atomic mass is 35.5. The number of esters is 1. The van der Waals surface area contributed by atoms with E-state index < -0.39 is 53.1 Å². The number of anilines is 3. The summed E-state index contributed by atoms with van der Waals surface area (Å²) in [6, 6.07) is 16.1. The molecule has 0 radical (unpaired) electrons. The number of halogens is 1. The van der Waals surface area contributed by atoms with Crippen molar-refractivity contribution in [1.82, 2.24) is 34.6 Å². The van der Waals surface area contributed by atoms with Crippen LogP contribution in [0.3, 0.4) is 0 Å². The van der Waals surface area contributed by atoms with E-state index in [9.17, 15) is 33.9 Å². The van der Waals surface area contributed by atoms with Gasteiger partial charge in [0.25, 0.3) is 0 Å². The third-order valence-electron chi connectivity index (χ3n) is 10.4. The van der Waals surface area contributed by atoms with Crippen LogP contribution in [-0.4, -0.2) is 125 Å². The van der Waals surface area contributed by atoms with Crippen LogP contribution in [0.25, 0.3) is 16.6 Å². The van der Waals surface area contributed by atoms with Gasteiger partial charge in [-0.3, -0.25) is 14.4 Å². The van der Waals surface area contributed by atoms with Crippen LogP contribution in [-0.2, 0) is 30.3 Å². The van der Waals surface area contributed by atoms with E-state index >= 15 is 0 Å². The molecule has 2 aliphatic rings. The smallest absolute Gasteiger partial charge is 0.419 e. The number of aliphatic hydroxyl groups excluding tert-OH is 1. The first-order valence-electron chi connectivity index (χ1n) is 20.7. The Bertz CT molecular complexity index is 2590. The predicted octanol–water partition coefficient (Wildman–Crippen LogP) is 5.42. The molecule has 5 aromatic rings. The van der Waals surface area contributed by atoms with Gasteiger partial charge in [-0.25, -0.2) is 19.0 Å². The van der Waals surface area contributed by atoms with Crippen molar-refractivity contribution in [1.29, 1.82) is 0 Å². The molecule has 0 bridgehead atoms. The summed E-state index contributed by atoms with van der Waals surface area (Å²) in [5.41, 5.74) is 0.539. The molecule has 20 heteroatoms. The maximum atomic E-state index is 14.5. The largest absolute Gasteiger partial charge is 0.455 e. The van der Waals surface area contributed by atoms with Gasteiger partial charge in [0.2, 0.25) is 5.91 Å². The van der Waals surface area contributed by atoms with E-state index in [2.05, 4.69) is 26.2 Å². The zero-order valence-corrected chi connectivity index (χ0v) is 37.0. The lowest BCUT2D eigenvalue weighted by atomic mass is 10.0. The van der Waals surface area contributed by atoms with Gasteiger partial charge in [0.15, 0.2) is 0 Å². The van der Waals surface area contributed by atoms with Crippen LogP contribution >= 0.6 is 11.6 Å². The average Bonchev–Trinajstić information content (AvgIpc) is 3.90. The second-order valence-corrected chi connectivity index (χ2v) is 18.0. The first-order valence-corrected chi connectivity index (χ1v) is 21.0. The molecule has 0 spiro atoms. The molecular weight excluding hydrogens is 848 g/mol. The molecule has 2 fully saturated rings. The molecule has 2 saturated heterocycles. The minimum Gasteiger partial charge on any atom is -0.455 e. The van der Waals surface area contributed by atoms with Gasteiger partial charge in [0, 0.05) is 54.4 Å². The lowest BCUT2D eigenvalue weighted by Gasteiger charge is -2.38. The standard InChI is InChI=1S/C44H49ClN10O9/c1-43(2,3)63-40(60)36-23-27-22-30(12-14-32(27)55(36)42(62)64-44(4,5)6)47-37(57)35(21-26-7-10-29(11-8-26)48-41(61)51-17-15-31(56)16-18-51)53-20-19-52(38(58)39(53)59)34-24-28(45)9-13-33(34)54-25-46-49-50-54/h7-14,22-25,31,35,56H,15-21H2,1-6H3,(H,47,57)(H,48,61). The van der Waals surface area contributed by atoms with Gasteiger partial charge in [0.05, 0.1) is 23.0 Å². The molecule has 1 atom stereocenters. The third kappa shape index (κ3) is 10.3. The molecule has 1 unspecified atom stereocenters. The van der Waals surface area contributed by atoms with Crippen LogP contribution in [0.1, 0.15) is 70.4 Å². The van der Waals surface area contributed by atoms with Crippen LogP contribution in [0.4, 0.5) is 26.7 Å². The Hall–Kier alpha value is -6.86. The van der Waals surface area contributed by atoms with Crippen molar-refractivity contribution in [2.75, 3.05) is 41.7 Å². The normalized spacial score (nSPS) is 15.6. The molecule has 2 aromatic heterocycles. The van der Waals surface area contributed by atoms with Crippen LogP contribution < -0.4 is 15.5 Å². The molecule has 3 N–H and O–H groups in total. The fraction of sp³-hybridized carbons (Fsp3) is 0.386. The predicted molar refractivity (Wildman–Crippen MR) is 235 cm³/mol. The summed E-state index contributed by atoms with van der Waals surface area (Å²) in [6.45, 7) is 11.0. The number of nitrogens with one attached hydrogen (secondary N) is 2. The Labute approximate surface area is 373 Å². The van der Waals surface area contributed by atoms with Crippen LogP contribution in [0.2, 0.25) is 5.02 Å². The van der Waals surface area contributed by atoms with E-state index in [0.717, 1.165) is 4.57 Å². The minimum atomic E-state index is -1.23. The van der Waals surface area contributed by atoms with Gasteiger partial charge in [0.1, 0.15) is 29.3 Å². The van der Waals surface area contributed by atoms with Gasteiger partial charge in [-0.05, 0) is 125 Å². The topological polar surface area (TPSA) is 223 Å². The molecule has 0 saturated carbocycles. The SMILES string of the molecule is CC(C)(C)OC(=O)c1cc2cc(NC(=O)C(Cc3ccc(NC(=O)N4CCC(O)CC4)cc3)N3CCN(c4cc(Cl)ccc4-n4cnnn4)C(=O)C3=O)ccc2n1C(=O)OC(C)(C)C. The number of likely N-dealkylation sites (tertiary alicyclic amines) is 1. The quantitative estimate of drug-likeness (QED) is 0.125. The number of hydrogen-bond donors (Lipinski definition) is 3. The molecule has 0 aliphatic carbocycles. The van der Waals surface area contributed by atoms with Crippen LogP contribution in [0.5, 0.6) is 0 Å². The average molecular weight is 897 g/mol. The van der Waals surface area contributed by atoms with E-state index in [-0.39, 0.29) is 42.6 Å². The first kappa shape index (κ1) is 45.2. The van der Waals surface area contributed by atoms with Crippen LogP contribution in [0, 0.1) is 0 Å². The number of amides is 5. The number of piperidine rings is 1. The van der Waals surface area contributed by atoms with Crippen molar-refractivity contribution in [2.45, 2.75) is 84.2 Å². The molecular formula is C44H49ClN10O9. The zero-order chi connectivity index (χ0) is 46.1. The molecule has 7 rings (SSSR count). The van der Waals surface area contributed by atoms with E-state index in [1.165, 1.54) is 32.9 Å².